The molecular formula is C12H13NO3S. The Morgan fingerprint density at radius 1 is 1.29 bits per heavy atom. The fraction of sp³-hybridized carbons (Fsp3) is 0.250. The molecule has 4 nitrogen and oxygen atoms in total. The molecule has 0 aliphatic rings. The molecule has 0 N–H and O–H groups in total. The standard InChI is InChI=1S/C12H13NO3S/c1-8(14)11-7-9-10(13(11)2)5-4-6-12(9)17(3,15)16/h4-7H,1-3H3. The Labute approximate surface area is 99.8 Å². The van der Waals surface area contributed by atoms with Crippen molar-refractivity contribution in [3.8, 4) is 0 Å². The average Bonchev–Trinajstić information content (AvgIpc) is 2.55. The maximum atomic E-state index is 11.6. The largest absolute Gasteiger partial charge is 0.341 e. The van der Waals surface area contributed by atoms with Gasteiger partial charge in [-0.05, 0) is 18.2 Å². The predicted octanol–water partition coefficient (Wildman–Crippen LogP) is 1.78. The van der Waals surface area contributed by atoms with Gasteiger partial charge < -0.3 is 4.57 Å². The van der Waals surface area contributed by atoms with Gasteiger partial charge in [-0.1, -0.05) is 6.07 Å². The molecule has 17 heavy (non-hydrogen) atoms. The maximum absolute atomic E-state index is 11.6. The fourth-order valence-corrected chi connectivity index (χ4v) is 2.88. The van der Waals surface area contributed by atoms with Crippen LogP contribution in [0.25, 0.3) is 10.9 Å². The summed E-state index contributed by atoms with van der Waals surface area (Å²) in [4.78, 5) is 11.7. The number of sulfone groups is 1. The minimum absolute atomic E-state index is 0.0804. The summed E-state index contributed by atoms with van der Waals surface area (Å²) in [7, 11) is -1.53. The molecule has 1 aromatic heterocycles. The second-order valence-corrected chi connectivity index (χ2v) is 6.09. The molecule has 1 heterocycles. The number of hydrogen-bond acceptors (Lipinski definition) is 3. The number of aromatic nitrogens is 1. The minimum atomic E-state index is -3.28. The van der Waals surface area contributed by atoms with Crippen LogP contribution < -0.4 is 0 Å². The number of carbonyl (C=O) groups excluding carboxylic acids is 1. The molecular weight excluding hydrogens is 238 g/mol. The van der Waals surface area contributed by atoms with Crippen LogP contribution >= 0.6 is 0 Å². The zero-order valence-electron chi connectivity index (χ0n) is 9.89. The number of Topliss-reactive ketones (excluding diaryl/α,β-unsaturated/α-hetero) is 1. The van der Waals surface area contributed by atoms with Gasteiger partial charge in [0.2, 0.25) is 0 Å². The Balaban J connectivity index is 2.93. The predicted molar refractivity (Wildman–Crippen MR) is 66.0 cm³/mol. The van der Waals surface area contributed by atoms with Crippen molar-refractivity contribution in [2.24, 2.45) is 7.05 Å². The summed E-state index contributed by atoms with van der Waals surface area (Å²) in [6.07, 6.45) is 1.17. The highest BCUT2D eigenvalue weighted by Gasteiger charge is 2.16. The van der Waals surface area contributed by atoms with Crippen molar-refractivity contribution < 1.29 is 13.2 Å². The number of aryl methyl sites for hydroxylation is 1. The average molecular weight is 251 g/mol. The van der Waals surface area contributed by atoms with Gasteiger partial charge in [0, 0.05) is 31.1 Å². The zero-order valence-corrected chi connectivity index (χ0v) is 10.7. The Morgan fingerprint density at radius 3 is 2.47 bits per heavy atom. The number of ketones is 1. The summed E-state index contributed by atoms with van der Waals surface area (Å²) in [6.45, 7) is 1.47. The van der Waals surface area contributed by atoms with Gasteiger partial charge in [-0.15, -0.1) is 0 Å². The Hall–Kier alpha value is -1.62. The van der Waals surface area contributed by atoms with Crippen LogP contribution in [-0.2, 0) is 16.9 Å². The van der Waals surface area contributed by atoms with E-state index in [4.69, 9.17) is 0 Å². The van der Waals surface area contributed by atoms with E-state index in [0.29, 0.717) is 11.1 Å². The van der Waals surface area contributed by atoms with E-state index < -0.39 is 9.84 Å². The molecule has 2 aromatic rings. The van der Waals surface area contributed by atoms with Crippen molar-refractivity contribution in [3.63, 3.8) is 0 Å². The monoisotopic (exact) mass is 251 g/mol. The first-order valence-corrected chi connectivity index (χ1v) is 7.01. The van der Waals surface area contributed by atoms with Crippen molar-refractivity contribution >= 4 is 26.5 Å². The number of fused-ring (bicyclic) bond motifs is 1. The number of benzene rings is 1. The van der Waals surface area contributed by atoms with Gasteiger partial charge in [0.15, 0.2) is 15.6 Å². The highest BCUT2D eigenvalue weighted by molar-refractivity contribution is 7.91. The molecule has 0 saturated carbocycles. The maximum Gasteiger partial charge on any atom is 0.176 e. The first kappa shape index (κ1) is 11.9. The third kappa shape index (κ3) is 1.86. The number of carbonyl (C=O) groups is 1. The van der Waals surface area contributed by atoms with Gasteiger partial charge in [0.05, 0.1) is 10.6 Å². The second-order valence-electron chi connectivity index (χ2n) is 4.11. The van der Waals surface area contributed by atoms with Gasteiger partial charge in [-0.25, -0.2) is 8.42 Å². The zero-order chi connectivity index (χ0) is 12.8. The summed E-state index contributed by atoms with van der Waals surface area (Å²) < 4.78 is 25.0. The highest BCUT2D eigenvalue weighted by Crippen LogP contribution is 2.26. The van der Waals surface area contributed by atoms with Crippen LogP contribution in [0.2, 0.25) is 0 Å². The van der Waals surface area contributed by atoms with Crippen molar-refractivity contribution in [1.82, 2.24) is 4.57 Å². The van der Waals surface area contributed by atoms with E-state index >= 15 is 0 Å². The topological polar surface area (TPSA) is 56.1 Å². The van der Waals surface area contributed by atoms with Crippen LogP contribution in [0.1, 0.15) is 17.4 Å². The van der Waals surface area contributed by atoms with Crippen LogP contribution in [0.4, 0.5) is 0 Å². The number of rotatable bonds is 2. The van der Waals surface area contributed by atoms with Gasteiger partial charge in [0.25, 0.3) is 0 Å². The lowest BCUT2D eigenvalue weighted by atomic mass is 10.2. The quantitative estimate of drug-likeness (QED) is 0.764. The van der Waals surface area contributed by atoms with E-state index in [1.165, 1.54) is 13.2 Å². The Morgan fingerprint density at radius 2 is 1.94 bits per heavy atom. The molecule has 90 valence electrons. The molecule has 2 rings (SSSR count). The fourth-order valence-electron chi connectivity index (χ4n) is 1.99. The molecule has 1 aromatic carbocycles. The third-order valence-corrected chi connectivity index (χ3v) is 3.96. The second kappa shape index (κ2) is 3.70. The SMILES string of the molecule is CC(=O)c1cc2c(S(C)(=O)=O)cccc2n1C. The number of nitrogens with zero attached hydrogens (tertiary/aromatic N) is 1. The number of hydrogen-bond donors (Lipinski definition) is 0. The van der Waals surface area contributed by atoms with Crippen molar-refractivity contribution in [1.29, 1.82) is 0 Å². The van der Waals surface area contributed by atoms with E-state index in [2.05, 4.69) is 0 Å². The van der Waals surface area contributed by atoms with E-state index in [-0.39, 0.29) is 10.7 Å². The van der Waals surface area contributed by atoms with Gasteiger partial charge in [-0.2, -0.15) is 0 Å². The molecule has 0 saturated heterocycles. The summed E-state index contributed by atoms with van der Waals surface area (Å²) in [5, 5.41) is 0.600. The third-order valence-electron chi connectivity index (χ3n) is 2.81. The van der Waals surface area contributed by atoms with Gasteiger partial charge in [-0.3, -0.25) is 4.79 Å². The molecule has 5 heteroatoms. The van der Waals surface area contributed by atoms with E-state index in [0.717, 1.165) is 5.52 Å². The molecule has 0 radical (unpaired) electrons. The highest BCUT2D eigenvalue weighted by atomic mass is 32.2. The molecule has 0 aliphatic heterocycles. The van der Waals surface area contributed by atoms with Crippen LogP contribution in [0, 0.1) is 0 Å². The minimum Gasteiger partial charge on any atom is -0.341 e. The molecule has 0 unspecified atom stereocenters. The van der Waals surface area contributed by atoms with Crippen LogP contribution in [0.15, 0.2) is 29.2 Å². The molecule has 0 spiro atoms. The van der Waals surface area contributed by atoms with E-state index in [1.54, 1.807) is 35.9 Å². The molecule has 0 aliphatic carbocycles. The normalized spacial score (nSPS) is 11.9. The van der Waals surface area contributed by atoms with Crippen LogP contribution in [-0.4, -0.2) is 25.0 Å². The lowest BCUT2D eigenvalue weighted by Crippen LogP contribution is -2.00. The van der Waals surface area contributed by atoms with Crippen LogP contribution in [0.3, 0.4) is 0 Å². The molecule has 0 amide bonds. The summed E-state index contributed by atoms with van der Waals surface area (Å²) in [6, 6.07) is 6.68. The Kier molecular flexibility index (Phi) is 2.58. The molecule has 0 fully saturated rings. The lowest BCUT2D eigenvalue weighted by molar-refractivity contribution is 0.101. The van der Waals surface area contributed by atoms with Crippen molar-refractivity contribution in [2.75, 3.05) is 6.26 Å². The van der Waals surface area contributed by atoms with Crippen LogP contribution in [0.5, 0.6) is 0 Å². The summed E-state index contributed by atoms with van der Waals surface area (Å²) >= 11 is 0. The molecule has 0 atom stereocenters. The summed E-state index contributed by atoms with van der Waals surface area (Å²) in [5.41, 5.74) is 1.26. The first-order valence-electron chi connectivity index (χ1n) is 5.12. The summed E-state index contributed by atoms with van der Waals surface area (Å²) in [5.74, 6) is -0.0804. The Bertz CT molecular complexity index is 711. The molecule has 0 bridgehead atoms. The van der Waals surface area contributed by atoms with Crippen molar-refractivity contribution in [2.45, 2.75) is 11.8 Å². The van der Waals surface area contributed by atoms with Crippen molar-refractivity contribution in [3.05, 3.63) is 30.0 Å². The lowest BCUT2D eigenvalue weighted by Gasteiger charge is -2.02. The smallest absolute Gasteiger partial charge is 0.176 e. The van der Waals surface area contributed by atoms with Gasteiger partial charge in [0.1, 0.15) is 0 Å². The van der Waals surface area contributed by atoms with E-state index in [1.807, 2.05) is 0 Å². The van der Waals surface area contributed by atoms with Gasteiger partial charge >= 0.3 is 0 Å². The first-order chi connectivity index (χ1) is 7.82. The van der Waals surface area contributed by atoms with E-state index in [9.17, 15) is 13.2 Å².